The Bertz CT molecular complexity index is 1120. The topological polar surface area (TPSA) is 42.0 Å². The fraction of sp³-hybridized carbons (Fsp3) is 0.385. The summed E-state index contributed by atoms with van der Waals surface area (Å²) in [5, 5.41) is 4.10. The monoisotopic (exact) mass is 420 g/mol. The summed E-state index contributed by atoms with van der Waals surface area (Å²) in [6.45, 7) is 0. The molecule has 0 aliphatic heterocycles. The summed E-state index contributed by atoms with van der Waals surface area (Å²) in [5.41, 5.74) is 2.29. The van der Waals surface area contributed by atoms with Crippen LogP contribution in [0.4, 0.5) is 8.78 Å². The van der Waals surface area contributed by atoms with Gasteiger partial charge >= 0.3 is 0 Å². The zero-order valence-electron chi connectivity index (χ0n) is 17.4. The van der Waals surface area contributed by atoms with Crippen molar-refractivity contribution in [3.05, 3.63) is 77.5 Å². The first-order chi connectivity index (χ1) is 15.0. The molecule has 3 nitrogen and oxygen atoms in total. The largest absolute Gasteiger partial charge is 0.347 e. The molecule has 0 spiro atoms. The number of amides is 1. The van der Waals surface area contributed by atoms with Gasteiger partial charge in [-0.05, 0) is 105 Å². The molecular formula is C26H26F2N2O. The molecule has 3 aromatic rings. The third-order valence-corrected chi connectivity index (χ3v) is 7.02. The van der Waals surface area contributed by atoms with Crippen LogP contribution in [-0.4, -0.2) is 16.4 Å². The van der Waals surface area contributed by atoms with Gasteiger partial charge in [0.05, 0.1) is 5.52 Å². The van der Waals surface area contributed by atoms with E-state index in [1.165, 1.54) is 23.8 Å². The van der Waals surface area contributed by atoms with E-state index in [0.29, 0.717) is 17.4 Å². The smallest absolute Gasteiger partial charge is 0.251 e. The van der Waals surface area contributed by atoms with Crippen LogP contribution in [0.5, 0.6) is 0 Å². The lowest BCUT2D eigenvalue weighted by molar-refractivity contribution is 0.0920. The maximum Gasteiger partial charge on any atom is 0.251 e. The Labute approximate surface area is 180 Å². The molecule has 1 N–H and O–H groups in total. The zero-order valence-corrected chi connectivity index (χ0v) is 17.4. The highest BCUT2D eigenvalue weighted by Gasteiger charge is 2.46. The quantitative estimate of drug-likeness (QED) is 0.539. The van der Waals surface area contributed by atoms with Crippen LogP contribution in [0.1, 0.15) is 66.8 Å². The van der Waals surface area contributed by atoms with Crippen molar-refractivity contribution in [2.45, 2.75) is 56.4 Å². The molecule has 2 saturated carbocycles. The highest BCUT2D eigenvalue weighted by Crippen LogP contribution is 2.47. The van der Waals surface area contributed by atoms with E-state index in [-0.39, 0.29) is 23.1 Å². The van der Waals surface area contributed by atoms with Gasteiger partial charge in [-0.3, -0.25) is 9.78 Å². The van der Waals surface area contributed by atoms with Crippen molar-refractivity contribution in [1.29, 1.82) is 0 Å². The zero-order chi connectivity index (χ0) is 21.4. The summed E-state index contributed by atoms with van der Waals surface area (Å²) in [6, 6.07) is 12.7. The molecule has 0 atom stereocenters. The maximum atomic E-state index is 13.8. The van der Waals surface area contributed by atoms with E-state index >= 15 is 0 Å². The summed E-state index contributed by atoms with van der Waals surface area (Å²) in [6.07, 6.45) is 9.10. The van der Waals surface area contributed by atoms with Crippen LogP contribution in [0.15, 0.2) is 54.7 Å². The number of benzene rings is 2. The van der Waals surface area contributed by atoms with Crippen LogP contribution in [0, 0.1) is 17.6 Å². The lowest BCUT2D eigenvalue weighted by atomic mass is 9.75. The molecule has 1 aromatic heterocycles. The lowest BCUT2D eigenvalue weighted by Gasteiger charge is -2.32. The number of halogens is 2. The predicted octanol–water partition coefficient (Wildman–Crippen LogP) is 6.14. The first kappa shape index (κ1) is 20.1. The van der Waals surface area contributed by atoms with Crippen molar-refractivity contribution >= 4 is 16.8 Å². The van der Waals surface area contributed by atoms with Gasteiger partial charge in [-0.2, -0.15) is 0 Å². The van der Waals surface area contributed by atoms with E-state index in [9.17, 15) is 13.6 Å². The first-order valence-corrected chi connectivity index (χ1v) is 11.1. The normalized spacial score (nSPS) is 22.3. The van der Waals surface area contributed by atoms with E-state index in [2.05, 4.69) is 10.3 Å². The number of nitrogens with one attached hydrogen (secondary N) is 1. The van der Waals surface area contributed by atoms with E-state index < -0.39 is 0 Å². The Morgan fingerprint density at radius 1 is 1.00 bits per heavy atom. The predicted molar refractivity (Wildman–Crippen MR) is 117 cm³/mol. The molecule has 5 rings (SSSR count). The molecular weight excluding hydrogens is 394 g/mol. The second-order valence-electron chi connectivity index (χ2n) is 9.23. The second kappa shape index (κ2) is 8.03. The molecule has 0 saturated heterocycles. The average molecular weight is 421 g/mol. The SMILES string of the molecule is O=C(NC1(C[C@H]2CC[C@@H](c3ccnc4ccc(F)cc43)CC2)CC1)c1cccc(F)c1. The van der Waals surface area contributed by atoms with Gasteiger partial charge in [0.1, 0.15) is 11.6 Å². The molecule has 31 heavy (non-hydrogen) atoms. The molecule has 0 radical (unpaired) electrons. The third-order valence-electron chi connectivity index (χ3n) is 7.02. The Hall–Kier alpha value is -2.82. The number of nitrogens with zero attached hydrogens (tertiary/aromatic N) is 1. The van der Waals surface area contributed by atoms with Gasteiger partial charge < -0.3 is 5.32 Å². The van der Waals surface area contributed by atoms with Gasteiger partial charge in [0, 0.05) is 22.7 Å². The van der Waals surface area contributed by atoms with Crippen LogP contribution < -0.4 is 5.32 Å². The fourth-order valence-corrected chi connectivity index (χ4v) is 5.20. The van der Waals surface area contributed by atoms with Gasteiger partial charge in [-0.1, -0.05) is 6.07 Å². The van der Waals surface area contributed by atoms with Gasteiger partial charge in [0.2, 0.25) is 0 Å². The molecule has 5 heteroatoms. The number of aromatic nitrogens is 1. The molecule has 2 aliphatic carbocycles. The fourth-order valence-electron chi connectivity index (χ4n) is 5.20. The minimum absolute atomic E-state index is 0.132. The van der Waals surface area contributed by atoms with Crippen LogP contribution in [-0.2, 0) is 0 Å². The van der Waals surface area contributed by atoms with E-state index in [1.54, 1.807) is 24.3 Å². The van der Waals surface area contributed by atoms with Crippen LogP contribution in [0.3, 0.4) is 0 Å². The van der Waals surface area contributed by atoms with E-state index in [1.807, 2.05) is 12.3 Å². The van der Waals surface area contributed by atoms with Crippen molar-refractivity contribution in [3.8, 4) is 0 Å². The molecule has 2 aliphatic rings. The minimum Gasteiger partial charge on any atom is -0.347 e. The minimum atomic E-state index is -0.390. The lowest BCUT2D eigenvalue weighted by Crippen LogP contribution is -2.38. The molecule has 1 heterocycles. The van der Waals surface area contributed by atoms with E-state index in [0.717, 1.165) is 55.8 Å². The second-order valence-corrected chi connectivity index (χ2v) is 9.23. The van der Waals surface area contributed by atoms with Gasteiger partial charge in [-0.15, -0.1) is 0 Å². The molecule has 0 unspecified atom stereocenters. The molecule has 0 bridgehead atoms. The Balaban J connectivity index is 1.22. The Morgan fingerprint density at radius 2 is 1.77 bits per heavy atom. The average Bonchev–Trinajstić information content (AvgIpc) is 3.52. The Morgan fingerprint density at radius 3 is 2.52 bits per heavy atom. The van der Waals surface area contributed by atoms with E-state index in [4.69, 9.17) is 0 Å². The standard InChI is InChI=1S/C26H26F2N2O/c27-20-3-1-2-19(14-20)25(31)30-26(11-12-26)16-17-4-6-18(7-5-17)22-10-13-29-24-9-8-21(28)15-23(22)24/h1-3,8-10,13-15,17-18H,4-7,11-12,16H2,(H,30,31)/t17-,18+. The van der Waals surface area contributed by atoms with Crippen LogP contribution in [0.2, 0.25) is 0 Å². The summed E-state index contributed by atoms with van der Waals surface area (Å²) in [4.78, 5) is 16.9. The summed E-state index contributed by atoms with van der Waals surface area (Å²) >= 11 is 0. The highest BCUT2D eigenvalue weighted by atomic mass is 19.1. The number of pyridine rings is 1. The van der Waals surface area contributed by atoms with Crippen molar-refractivity contribution in [2.24, 2.45) is 5.92 Å². The van der Waals surface area contributed by atoms with Crippen molar-refractivity contribution in [3.63, 3.8) is 0 Å². The third kappa shape index (κ3) is 4.32. The number of carbonyl (C=O) groups is 1. The van der Waals surface area contributed by atoms with Crippen LogP contribution >= 0.6 is 0 Å². The molecule has 1 amide bonds. The molecule has 2 aromatic carbocycles. The van der Waals surface area contributed by atoms with Gasteiger partial charge in [0.25, 0.3) is 5.91 Å². The van der Waals surface area contributed by atoms with Gasteiger partial charge in [0.15, 0.2) is 0 Å². The maximum absolute atomic E-state index is 13.8. The summed E-state index contributed by atoms with van der Waals surface area (Å²) in [5.74, 6) is 0.187. The number of hydrogen-bond donors (Lipinski definition) is 1. The van der Waals surface area contributed by atoms with Crippen molar-refractivity contribution in [1.82, 2.24) is 10.3 Å². The first-order valence-electron chi connectivity index (χ1n) is 11.1. The van der Waals surface area contributed by atoms with Crippen molar-refractivity contribution < 1.29 is 13.6 Å². The molecule has 160 valence electrons. The molecule has 2 fully saturated rings. The number of rotatable bonds is 5. The highest BCUT2D eigenvalue weighted by molar-refractivity contribution is 5.94. The number of fused-ring (bicyclic) bond motifs is 1. The van der Waals surface area contributed by atoms with Gasteiger partial charge in [-0.25, -0.2) is 8.78 Å². The number of carbonyl (C=O) groups excluding carboxylic acids is 1. The summed E-state index contributed by atoms with van der Waals surface area (Å²) < 4.78 is 27.2. The Kier molecular flexibility index (Phi) is 5.20. The van der Waals surface area contributed by atoms with Crippen molar-refractivity contribution in [2.75, 3.05) is 0 Å². The number of hydrogen-bond acceptors (Lipinski definition) is 2. The summed E-state index contributed by atoms with van der Waals surface area (Å²) in [7, 11) is 0. The van der Waals surface area contributed by atoms with Crippen LogP contribution in [0.25, 0.3) is 10.9 Å².